The predicted octanol–water partition coefficient (Wildman–Crippen LogP) is -0.0941. The van der Waals surface area contributed by atoms with E-state index in [-0.39, 0.29) is 11.9 Å². The van der Waals surface area contributed by atoms with Gasteiger partial charge in [0.05, 0.1) is 13.2 Å². The quantitative estimate of drug-likeness (QED) is 0.403. The van der Waals surface area contributed by atoms with Crippen LogP contribution in [-0.4, -0.2) is 19.0 Å². The molecule has 6 heteroatoms. The maximum absolute atomic E-state index is 11.7. The second-order valence-corrected chi connectivity index (χ2v) is 3.91. The third-order valence-corrected chi connectivity index (χ3v) is 2.99. The molecule has 0 aromatic heterocycles. The first kappa shape index (κ1) is 10.1. The molecule has 1 fully saturated rings. The third kappa shape index (κ3) is 1.38. The molecule has 2 aliphatic rings. The lowest BCUT2D eigenvalue weighted by Gasteiger charge is -2.24. The molecular formula is C11H10N2O4. The molecule has 0 spiro atoms. The Morgan fingerprint density at radius 2 is 2.18 bits per heavy atom. The molecule has 0 saturated carbocycles. The largest absolute Gasteiger partial charge is 0.497 e. The topological polar surface area (TPSA) is 76.7 Å². The molecule has 2 N–H and O–H groups in total. The van der Waals surface area contributed by atoms with Gasteiger partial charge in [0.25, 0.3) is 5.91 Å². The average molecular weight is 234 g/mol. The zero-order chi connectivity index (χ0) is 12.0. The van der Waals surface area contributed by atoms with E-state index in [1.54, 1.807) is 18.2 Å². The highest BCUT2D eigenvalue weighted by Crippen LogP contribution is 2.39. The van der Waals surface area contributed by atoms with E-state index in [1.807, 2.05) is 0 Å². The van der Waals surface area contributed by atoms with Crippen LogP contribution < -0.4 is 20.3 Å². The van der Waals surface area contributed by atoms with E-state index < -0.39 is 11.9 Å². The molecule has 2 heterocycles. The first-order valence-electron chi connectivity index (χ1n) is 5.15. The lowest BCUT2D eigenvalue weighted by Crippen LogP contribution is -2.34. The second-order valence-electron chi connectivity index (χ2n) is 3.91. The number of hydrogen-bond donors (Lipinski definition) is 2. The Bertz CT molecular complexity index is 514. The van der Waals surface area contributed by atoms with Crippen molar-refractivity contribution in [3.05, 3.63) is 23.8 Å². The Morgan fingerprint density at radius 3 is 2.94 bits per heavy atom. The van der Waals surface area contributed by atoms with Crippen LogP contribution in [0.5, 0.6) is 11.5 Å². The number of benzene rings is 1. The molecule has 1 saturated heterocycles. The van der Waals surface area contributed by atoms with Crippen LogP contribution in [0.1, 0.15) is 11.6 Å². The number of methoxy groups -OCH3 is 1. The Hall–Kier alpha value is -2.08. The first-order valence-corrected chi connectivity index (χ1v) is 5.15. The van der Waals surface area contributed by atoms with Gasteiger partial charge in [-0.05, 0) is 12.1 Å². The predicted molar refractivity (Wildman–Crippen MR) is 56.1 cm³/mol. The number of ether oxygens (including phenoxy) is 2. The lowest BCUT2D eigenvalue weighted by molar-refractivity contribution is -0.144. The molecule has 88 valence electrons. The van der Waals surface area contributed by atoms with Crippen LogP contribution in [0.15, 0.2) is 18.2 Å². The van der Waals surface area contributed by atoms with E-state index in [0.29, 0.717) is 11.5 Å². The van der Waals surface area contributed by atoms with Gasteiger partial charge in [0, 0.05) is 11.6 Å². The van der Waals surface area contributed by atoms with Gasteiger partial charge in [-0.15, -0.1) is 0 Å². The van der Waals surface area contributed by atoms with Crippen LogP contribution in [0.4, 0.5) is 0 Å². The summed E-state index contributed by atoms with van der Waals surface area (Å²) >= 11 is 0. The number of rotatable bonds is 1. The van der Waals surface area contributed by atoms with Crippen molar-refractivity contribution in [2.24, 2.45) is 5.92 Å². The molecule has 3 rings (SSSR count). The van der Waals surface area contributed by atoms with Gasteiger partial charge in [-0.2, -0.15) is 0 Å². The summed E-state index contributed by atoms with van der Waals surface area (Å²) in [5.41, 5.74) is 6.00. The summed E-state index contributed by atoms with van der Waals surface area (Å²) in [6.07, 6.45) is 0. The van der Waals surface area contributed by atoms with Crippen molar-refractivity contribution >= 4 is 11.9 Å². The van der Waals surface area contributed by atoms with Gasteiger partial charge in [-0.3, -0.25) is 15.0 Å². The number of hydrazine groups is 1. The summed E-state index contributed by atoms with van der Waals surface area (Å²) in [5, 5.41) is 0. The summed E-state index contributed by atoms with van der Waals surface area (Å²) in [4.78, 5) is 23.1. The molecule has 0 radical (unpaired) electrons. The molecular weight excluding hydrogens is 224 g/mol. The van der Waals surface area contributed by atoms with Crippen molar-refractivity contribution < 1.29 is 19.1 Å². The van der Waals surface area contributed by atoms with E-state index in [9.17, 15) is 9.59 Å². The normalized spacial score (nSPS) is 25.7. The summed E-state index contributed by atoms with van der Waals surface area (Å²) in [7, 11) is 1.54. The molecule has 2 atom stereocenters. The second kappa shape index (κ2) is 3.46. The summed E-state index contributed by atoms with van der Waals surface area (Å²) in [6.45, 7) is 0. The summed E-state index contributed by atoms with van der Waals surface area (Å²) in [6, 6.07) is 4.81. The molecule has 2 aliphatic heterocycles. The molecule has 0 bridgehead atoms. The number of amides is 1. The highest BCUT2D eigenvalue weighted by atomic mass is 16.5. The van der Waals surface area contributed by atoms with Gasteiger partial charge in [0.15, 0.2) is 5.92 Å². The van der Waals surface area contributed by atoms with Crippen molar-refractivity contribution in [2.45, 2.75) is 6.04 Å². The molecule has 0 aliphatic carbocycles. The summed E-state index contributed by atoms with van der Waals surface area (Å²) in [5.74, 6) is -0.678. The van der Waals surface area contributed by atoms with Crippen molar-refractivity contribution in [2.75, 3.05) is 7.11 Å². The Morgan fingerprint density at radius 1 is 1.35 bits per heavy atom. The SMILES string of the molecule is COc1ccc2c(c1)OC(=O)C1C(=O)NNC21. The van der Waals surface area contributed by atoms with Gasteiger partial charge >= 0.3 is 5.97 Å². The van der Waals surface area contributed by atoms with Crippen LogP contribution in [0.3, 0.4) is 0 Å². The zero-order valence-electron chi connectivity index (χ0n) is 9.02. The van der Waals surface area contributed by atoms with Gasteiger partial charge in [0.2, 0.25) is 0 Å². The number of hydrogen-bond acceptors (Lipinski definition) is 5. The Labute approximate surface area is 96.9 Å². The smallest absolute Gasteiger partial charge is 0.326 e. The number of carbonyl (C=O) groups is 2. The van der Waals surface area contributed by atoms with E-state index >= 15 is 0 Å². The van der Waals surface area contributed by atoms with E-state index in [0.717, 1.165) is 5.56 Å². The van der Waals surface area contributed by atoms with Crippen LogP contribution >= 0.6 is 0 Å². The molecule has 1 amide bonds. The van der Waals surface area contributed by atoms with Crippen LogP contribution in [0.2, 0.25) is 0 Å². The average Bonchev–Trinajstić information content (AvgIpc) is 2.71. The van der Waals surface area contributed by atoms with E-state index in [4.69, 9.17) is 9.47 Å². The highest BCUT2D eigenvalue weighted by Gasteiger charge is 2.47. The molecule has 1 aromatic rings. The standard InChI is InChI=1S/C11H10N2O4/c1-16-5-2-3-6-7(4-5)17-11(15)8-9(6)12-13-10(8)14/h2-4,8-9,12H,1H3,(H,13,14). The minimum Gasteiger partial charge on any atom is -0.497 e. The van der Waals surface area contributed by atoms with Gasteiger partial charge in [-0.25, -0.2) is 5.43 Å². The van der Waals surface area contributed by atoms with E-state index in [2.05, 4.69) is 10.9 Å². The fourth-order valence-corrected chi connectivity index (χ4v) is 2.12. The summed E-state index contributed by atoms with van der Waals surface area (Å²) < 4.78 is 10.2. The molecule has 17 heavy (non-hydrogen) atoms. The monoisotopic (exact) mass is 234 g/mol. The lowest BCUT2D eigenvalue weighted by atomic mass is 9.91. The Kier molecular flexibility index (Phi) is 2.05. The Balaban J connectivity index is 2.08. The van der Waals surface area contributed by atoms with Crippen LogP contribution in [0, 0.1) is 5.92 Å². The van der Waals surface area contributed by atoms with Crippen LogP contribution in [0.25, 0.3) is 0 Å². The highest BCUT2D eigenvalue weighted by molar-refractivity contribution is 6.02. The van der Waals surface area contributed by atoms with E-state index in [1.165, 1.54) is 7.11 Å². The fraction of sp³-hybridized carbons (Fsp3) is 0.273. The van der Waals surface area contributed by atoms with Crippen molar-refractivity contribution in [3.63, 3.8) is 0 Å². The molecule has 2 unspecified atom stereocenters. The number of nitrogens with one attached hydrogen (secondary N) is 2. The van der Waals surface area contributed by atoms with Gasteiger partial charge < -0.3 is 9.47 Å². The van der Waals surface area contributed by atoms with Crippen molar-refractivity contribution in [1.82, 2.24) is 10.9 Å². The minimum atomic E-state index is -0.809. The van der Waals surface area contributed by atoms with Crippen LogP contribution in [-0.2, 0) is 9.59 Å². The number of fused-ring (bicyclic) bond motifs is 3. The zero-order valence-corrected chi connectivity index (χ0v) is 9.02. The van der Waals surface area contributed by atoms with Crippen molar-refractivity contribution in [3.8, 4) is 11.5 Å². The number of esters is 1. The maximum Gasteiger partial charge on any atom is 0.326 e. The first-order chi connectivity index (χ1) is 8.20. The number of carbonyl (C=O) groups excluding carboxylic acids is 2. The maximum atomic E-state index is 11.7. The van der Waals surface area contributed by atoms with Crippen molar-refractivity contribution in [1.29, 1.82) is 0 Å². The molecule has 6 nitrogen and oxygen atoms in total. The van der Waals surface area contributed by atoms with Gasteiger partial charge in [0.1, 0.15) is 11.5 Å². The molecule has 1 aromatic carbocycles. The van der Waals surface area contributed by atoms with Gasteiger partial charge in [-0.1, -0.05) is 0 Å². The minimum absolute atomic E-state index is 0.360. The third-order valence-electron chi connectivity index (χ3n) is 2.99. The fourth-order valence-electron chi connectivity index (χ4n) is 2.12.